The molecule has 0 saturated carbocycles. The molecule has 6 nitrogen and oxygen atoms in total. The molecular formula is C10H7IN4O2. The second-order valence-corrected chi connectivity index (χ2v) is 4.92. The van der Waals surface area contributed by atoms with Gasteiger partial charge in [0.2, 0.25) is 5.91 Å². The van der Waals surface area contributed by atoms with Gasteiger partial charge in [0.25, 0.3) is 0 Å². The van der Waals surface area contributed by atoms with Gasteiger partial charge in [-0.05, 0) is 22.6 Å². The molecule has 17 heavy (non-hydrogen) atoms. The van der Waals surface area contributed by atoms with Crippen LogP contribution in [0.3, 0.4) is 0 Å². The van der Waals surface area contributed by atoms with Gasteiger partial charge < -0.3 is 4.98 Å². The van der Waals surface area contributed by atoms with Gasteiger partial charge in [0.15, 0.2) is 5.78 Å². The first kappa shape index (κ1) is 10.6. The maximum absolute atomic E-state index is 11.7. The van der Waals surface area contributed by atoms with Gasteiger partial charge in [-0.25, -0.2) is 9.97 Å². The lowest BCUT2D eigenvalue weighted by molar-refractivity contribution is -0.121. The predicted molar refractivity (Wildman–Crippen MR) is 68.6 cm³/mol. The molecule has 1 saturated heterocycles. The van der Waals surface area contributed by atoms with Crippen molar-refractivity contribution in [2.45, 2.75) is 6.42 Å². The standard InChI is InChI=1S/C10H7IN4O2/c11-6-2-12-9-8(6)10(14-4-13-9)15-3-5(16)1-7(15)17/h2,4H,1,3H2,(H,12,13,14). The molecule has 0 aliphatic carbocycles. The van der Waals surface area contributed by atoms with E-state index < -0.39 is 0 Å². The number of nitrogens with one attached hydrogen (secondary N) is 1. The molecule has 86 valence electrons. The molecule has 1 aliphatic rings. The van der Waals surface area contributed by atoms with Crippen LogP contribution < -0.4 is 4.90 Å². The van der Waals surface area contributed by atoms with Gasteiger partial charge in [-0.3, -0.25) is 14.5 Å². The minimum Gasteiger partial charge on any atom is -0.345 e. The van der Waals surface area contributed by atoms with Crippen molar-refractivity contribution in [2.75, 3.05) is 11.4 Å². The third kappa shape index (κ3) is 1.61. The van der Waals surface area contributed by atoms with Crippen LogP contribution in [-0.2, 0) is 9.59 Å². The van der Waals surface area contributed by atoms with Gasteiger partial charge in [-0.15, -0.1) is 0 Å². The normalized spacial score (nSPS) is 16.2. The van der Waals surface area contributed by atoms with Crippen LogP contribution in [0.5, 0.6) is 0 Å². The Bertz CT molecular complexity index is 636. The Kier molecular flexibility index (Phi) is 2.35. The van der Waals surface area contributed by atoms with Crippen LogP contribution in [-0.4, -0.2) is 33.2 Å². The lowest BCUT2D eigenvalue weighted by Crippen LogP contribution is -2.25. The summed E-state index contributed by atoms with van der Waals surface area (Å²) in [6.07, 6.45) is 3.15. The summed E-state index contributed by atoms with van der Waals surface area (Å²) in [7, 11) is 0. The van der Waals surface area contributed by atoms with E-state index in [0.717, 1.165) is 8.96 Å². The number of rotatable bonds is 1. The maximum atomic E-state index is 11.7. The van der Waals surface area contributed by atoms with Crippen LogP contribution in [0.2, 0.25) is 0 Å². The summed E-state index contributed by atoms with van der Waals surface area (Å²) in [5, 5.41) is 0.788. The average molecular weight is 342 g/mol. The van der Waals surface area contributed by atoms with E-state index in [4.69, 9.17) is 0 Å². The van der Waals surface area contributed by atoms with E-state index in [0.29, 0.717) is 11.5 Å². The fourth-order valence-corrected chi connectivity index (χ4v) is 2.54. The van der Waals surface area contributed by atoms with Crippen LogP contribution >= 0.6 is 22.6 Å². The zero-order valence-electron chi connectivity index (χ0n) is 8.61. The first-order chi connectivity index (χ1) is 8.16. The number of anilines is 1. The minimum atomic E-state index is -0.202. The molecule has 1 N–H and O–H groups in total. The number of hydrogen-bond acceptors (Lipinski definition) is 4. The number of halogens is 1. The van der Waals surface area contributed by atoms with Crippen molar-refractivity contribution in [2.24, 2.45) is 0 Å². The first-order valence-corrected chi connectivity index (χ1v) is 6.04. The molecule has 0 aromatic carbocycles. The van der Waals surface area contributed by atoms with E-state index in [-0.39, 0.29) is 24.7 Å². The van der Waals surface area contributed by atoms with Gasteiger partial charge in [0, 0.05) is 9.77 Å². The van der Waals surface area contributed by atoms with Gasteiger partial charge in [0.1, 0.15) is 17.8 Å². The van der Waals surface area contributed by atoms with Crippen molar-refractivity contribution in [3.05, 3.63) is 16.1 Å². The Morgan fingerprint density at radius 3 is 2.88 bits per heavy atom. The van der Waals surface area contributed by atoms with Crippen molar-refractivity contribution in [3.63, 3.8) is 0 Å². The monoisotopic (exact) mass is 342 g/mol. The molecule has 3 rings (SSSR count). The highest BCUT2D eigenvalue weighted by Crippen LogP contribution is 2.29. The largest absolute Gasteiger partial charge is 0.345 e. The minimum absolute atomic E-state index is 0.0352. The number of aromatic nitrogens is 3. The van der Waals surface area contributed by atoms with Crippen LogP contribution in [0.15, 0.2) is 12.5 Å². The Balaban J connectivity index is 2.20. The van der Waals surface area contributed by atoms with Gasteiger partial charge in [-0.1, -0.05) is 0 Å². The predicted octanol–water partition coefficient (Wildman–Crippen LogP) is 0.868. The van der Waals surface area contributed by atoms with Crippen molar-refractivity contribution < 1.29 is 9.59 Å². The van der Waals surface area contributed by atoms with Crippen molar-refractivity contribution in [3.8, 4) is 0 Å². The summed E-state index contributed by atoms with van der Waals surface area (Å²) in [4.78, 5) is 35.6. The fourth-order valence-electron chi connectivity index (χ4n) is 1.89. The SMILES string of the molecule is O=C1CC(=O)N(c2ncnc3[nH]cc(I)c23)C1. The highest BCUT2D eigenvalue weighted by atomic mass is 127. The molecule has 0 bridgehead atoms. The summed E-state index contributed by atoms with van der Waals surface area (Å²) in [5.41, 5.74) is 0.673. The lowest BCUT2D eigenvalue weighted by atomic mass is 10.3. The molecule has 0 spiro atoms. The fraction of sp³-hybridized carbons (Fsp3) is 0.200. The maximum Gasteiger partial charge on any atom is 0.236 e. The van der Waals surface area contributed by atoms with Gasteiger partial charge in [-0.2, -0.15) is 0 Å². The molecule has 1 fully saturated rings. The Labute approximate surface area is 110 Å². The van der Waals surface area contributed by atoms with Crippen LogP contribution in [0.25, 0.3) is 11.0 Å². The quantitative estimate of drug-likeness (QED) is 0.616. The number of ketones is 1. The van der Waals surface area contributed by atoms with Gasteiger partial charge >= 0.3 is 0 Å². The number of H-pyrrole nitrogens is 1. The number of hydrogen-bond donors (Lipinski definition) is 1. The second kappa shape index (κ2) is 3.76. The molecule has 7 heteroatoms. The number of amides is 1. The third-order valence-corrected chi connectivity index (χ3v) is 3.49. The number of carbonyl (C=O) groups excluding carboxylic acids is 2. The average Bonchev–Trinajstić information content (AvgIpc) is 2.83. The Morgan fingerprint density at radius 1 is 1.35 bits per heavy atom. The zero-order valence-corrected chi connectivity index (χ0v) is 10.8. The van der Waals surface area contributed by atoms with E-state index in [2.05, 4.69) is 37.5 Å². The van der Waals surface area contributed by atoms with Crippen molar-refractivity contribution in [1.29, 1.82) is 0 Å². The highest BCUT2D eigenvalue weighted by Gasteiger charge is 2.31. The number of fused-ring (bicyclic) bond motifs is 1. The summed E-state index contributed by atoms with van der Waals surface area (Å²) < 4.78 is 0.931. The molecule has 3 heterocycles. The van der Waals surface area contributed by atoms with Crippen LogP contribution in [0.1, 0.15) is 6.42 Å². The number of aromatic amines is 1. The third-order valence-electron chi connectivity index (χ3n) is 2.64. The highest BCUT2D eigenvalue weighted by molar-refractivity contribution is 14.1. The molecule has 2 aromatic rings. The van der Waals surface area contributed by atoms with Gasteiger partial charge in [0.05, 0.1) is 18.4 Å². The van der Waals surface area contributed by atoms with Crippen molar-refractivity contribution >= 4 is 51.1 Å². The number of nitrogens with zero attached hydrogens (tertiary/aromatic N) is 3. The molecule has 1 amide bonds. The molecule has 0 atom stereocenters. The number of Topliss-reactive ketones (excluding diaryl/α,β-unsaturated/α-hetero) is 1. The van der Waals surface area contributed by atoms with E-state index in [1.165, 1.54) is 11.2 Å². The van der Waals surface area contributed by atoms with E-state index in [9.17, 15) is 9.59 Å². The summed E-state index contributed by atoms with van der Waals surface area (Å²) in [6.45, 7) is 0.103. The first-order valence-electron chi connectivity index (χ1n) is 4.96. The summed E-state index contributed by atoms with van der Waals surface area (Å²) in [5.74, 6) is 0.232. The van der Waals surface area contributed by atoms with Crippen molar-refractivity contribution in [1.82, 2.24) is 15.0 Å². The molecular weight excluding hydrogens is 335 g/mol. The Morgan fingerprint density at radius 2 is 2.18 bits per heavy atom. The molecule has 1 aliphatic heterocycles. The lowest BCUT2D eigenvalue weighted by Gasteiger charge is -2.14. The van der Waals surface area contributed by atoms with E-state index >= 15 is 0 Å². The number of carbonyl (C=O) groups is 2. The topological polar surface area (TPSA) is 79.0 Å². The molecule has 0 unspecified atom stereocenters. The summed E-state index contributed by atoms with van der Waals surface area (Å²) >= 11 is 2.14. The van der Waals surface area contributed by atoms with Crippen LogP contribution in [0.4, 0.5) is 5.82 Å². The summed E-state index contributed by atoms with van der Waals surface area (Å²) in [6, 6.07) is 0. The van der Waals surface area contributed by atoms with E-state index in [1.54, 1.807) is 6.20 Å². The van der Waals surface area contributed by atoms with E-state index in [1.807, 2.05) is 0 Å². The second-order valence-electron chi connectivity index (χ2n) is 3.75. The molecule has 2 aromatic heterocycles. The Hall–Kier alpha value is -1.51. The smallest absolute Gasteiger partial charge is 0.236 e. The zero-order chi connectivity index (χ0) is 12.0. The molecule has 0 radical (unpaired) electrons. The van der Waals surface area contributed by atoms with Crippen LogP contribution in [0, 0.1) is 3.57 Å².